The molecule has 0 aromatic carbocycles. The van der Waals surface area contributed by atoms with E-state index in [9.17, 15) is 4.79 Å². The predicted molar refractivity (Wildman–Crippen MR) is 62.1 cm³/mol. The van der Waals surface area contributed by atoms with Crippen LogP contribution in [-0.4, -0.2) is 25.0 Å². The minimum atomic E-state index is 0.0494. The van der Waals surface area contributed by atoms with Gasteiger partial charge in [0.1, 0.15) is 0 Å². The highest BCUT2D eigenvalue weighted by Crippen LogP contribution is 2.08. The van der Waals surface area contributed by atoms with Crippen LogP contribution < -0.4 is 10.6 Å². The van der Waals surface area contributed by atoms with Crippen LogP contribution in [0.25, 0.3) is 0 Å². The zero-order chi connectivity index (χ0) is 10.5. The normalized spacial score (nSPS) is 20.4. The Morgan fingerprint density at radius 1 is 1.67 bits per heavy atom. The van der Waals surface area contributed by atoms with Gasteiger partial charge in [0.05, 0.1) is 6.04 Å². The molecule has 1 saturated heterocycles. The minimum Gasteiger partial charge on any atom is -0.354 e. The first-order valence-electron chi connectivity index (χ1n) is 5.40. The van der Waals surface area contributed by atoms with Crippen molar-refractivity contribution in [2.75, 3.05) is 13.1 Å². The van der Waals surface area contributed by atoms with Crippen molar-refractivity contribution in [1.29, 1.82) is 0 Å². The summed E-state index contributed by atoms with van der Waals surface area (Å²) in [7, 11) is 0. The summed E-state index contributed by atoms with van der Waals surface area (Å²) in [6.07, 6.45) is 3.03. The van der Waals surface area contributed by atoms with Gasteiger partial charge in [0, 0.05) is 11.4 Å². The Balaban J connectivity index is 1.67. The molecule has 0 spiro atoms. The summed E-state index contributed by atoms with van der Waals surface area (Å²) in [4.78, 5) is 12.9. The average Bonchev–Trinajstić information content (AvgIpc) is 2.90. The zero-order valence-electron chi connectivity index (χ0n) is 8.66. The Bertz CT molecular complexity index is 304. The van der Waals surface area contributed by atoms with E-state index in [2.05, 4.69) is 22.1 Å². The smallest absolute Gasteiger partial charge is 0.237 e. The molecular formula is C11H16N2OS. The molecule has 1 aliphatic rings. The van der Waals surface area contributed by atoms with E-state index < -0.39 is 0 Å². The lowest BCUT2D eigenvalue weighted by Crippen LogP contribution is -2.41. The van der Waals surface area contributed by atoms with Crippen LogP contribution in [0, 0.1) is 0 Å². The highest BCUT2D eigenvalue weighted by molar-refractivity contribution is 7.09. The van der Waals surface area contributed by atoms with Gasteiger partial charge in [-0.05, 0) is 37.3 Å². The van der Waals surface area contributed by atoms with Gasteiger partial charge < -0.3 is 10.6 Å². The van der Waals surface area contributed by atoms with Crippen LogP contribution in [0.5, 0.6) is 0 Å². The molecule has 1 aromatic heterocycles. The van der Waals surface area contributed by atoms with Crippen molar-refractivity contribution in [3.63, 3.8) is 0 Å². The van der Waals surface area contributed by atoms with Crippen molar-refractivity contribution in [2.45, 2.75) is 25.3 Å². The largest absolute Gasteiger partial charge is 0.354 e. The van der Waals surface area contributed by atoms with Crippen LogP contribution in [0.3, 0.4) is 0 Å². The topological polar surface area (TPSA) is 41.1 Å². The van der Waals surface area contributed by atoms with Gasteiger partial charge in [-0.15, -0.1) is 11.3 Å². The molecular weight excluding hydrogens is 208 g/mol. The molecule has 2 N–H and O–H groups in total. The van der Waals surface area contributed by atoms with E-state index >= 15 is 0 Å². The lowest BCUT2D eigenvalue weighted by atomic mass is 10.2. The minimum absolute atomic E-state index is 0.0494. The van der Waals surface area contributed by atoms with Gasteiger partial charge in [0.25, 0.3) is 0 Å². The van der Waals surface area contributed by atoms with Crippen LogP contribution in [0.1, 0.15) is 17.7 Å². The second-order valence-corrected chi connectivity index (χ2v) is 4.80. The Morgan fingerprint density at radius 3 is 3.27 bits per heavy atom. The van der Waals surface area contributed by atoms with Gasteiger partial charge in [0.2, 0.25) is 5.91 Å². The number of hydrogen-bond donors (Lipinski definition) is 2. The van der Waals surface area contributed by atoms with E-state index in [0.29, 0.717) is 0 Å². The van der Waals surface area contributed by atoms with Gasteiger partial charge in [-0.3, -0.25) is 4.79 Å². The summed E-state index contributed by atoms with van der Waals surface area (Å²) in [6, 6.07) is 4.19. The van der Waals surface area contributed by atoms with E-state index in [1.165, 1.54) is 4.88 Å². The molecule has 0 aliphatic carbocycles. The highest BCUT2D eigenvalue weighted by Gasteiger charge is 2.21. The number of thiophene rings is 1. The summed E-state index contributed by atoms with van der Waals surface area (Å²) < 4.78 is 0. The quantitative estimate of drug-likeness (QED) is 0.806. The summed E-state index contributed by atoms with van der Waals surface area (Å²) in [5.74, 6) is 0.157. The fourth-order valence-electron chi connectivity index (χ4n) is 1.80. The van der Waals surface area contributed by atoms with Crippen molar-refractivity contribution < 1.29 is 4.79 Å². The van der Waals surface area contributed by atoms with Gasteiger partial charge in [0.15, 0.2) is 0 Å². The Morgan fingerprint density at radius 2 is 2.60 bits per heavy atom. The van der Waals surface area contributed by atoms with Crippen LogP contribution in [-0.2, 0) is 11.2 Å². The molecule has 1 aliphatic heterocycles. The Labute approximate surface area is 93.9 Å². The third-order valence-electron chi connectivity index (χ3n) is 2.63. The maximum absolute atomic E-state index is 11.6. The first-order chi connectivity index (χ1) is 7.36. The second kappa shape index (κ2) is 5.28. The van der Waals surface area contributed by atoms with Crippen LogP contribution in [0.4, 0.5) is 0 Å². The van der Waals surface area contributed by atoms with Gasteiger partial charge in [-0.1, -0.05) is 6.07 Å². The number of carbonyl (C=O) groups excluding carboxylic acids is 1. The molecule has 1 amide bonds. The maximum Gasteiger partial charge on any atom is 0.237 e. The fourth-order valence-corrected chi connectivity index (χ4v) is 2.50. The van der Waals surface area contributed by atoms with E-state index in [4.69, 9.17) is 0 Å². The lowest BCUT2D eigenvalue weighted by molar-refractivity contribution is -0.122. The van der Waals surface area contributed by atoms with E-state index in [1.807, 2.05) is 6.07 Å². The molecule has 15 heavy (non-hydrogen) atoms. The van der Waals surface area contributed by atoms with E-state index in [-0.39, 0.29) is 11.9 Å². The molecule has 2 heterocycles. The van der Waals surface area contributed by atoms with Crippen molar-refractivity contribution in [1.82, 2.24) is 10.6 Å². The second-order valence-electron chi connectivity index (χ2n) is 3.77. The standard InChI is InChI=1S/C11H16N2OS/c14-11(10-4-1-6-12-10)13-7-5-9-3-2-8-15-9/h2-3,8,10,12H,1,4-7H2,(H,13,14)/t10-/m0/s1. The Hall–Kier alpha value is -0.870. The van der Waals surface area contributed by atoms with Crippen molar-refractivity contribution >= 4 is 17.2 Å². The maximum atomic E-state index is 11.6. The molecule has 0 radical (unpaired) electrons. The summed E-state index contributed by atoms with van der Waals surface area (Å²) >= 11 is 1.74. The average molecular weight is 224 g/mol. The van der Waals surface area contributed by atoms with E-state index in [0.717, 1.165) is 32.4 Å². The number of hydrogen-bond acceptors (Lipinski definition) is 3. The summed E-state index contributed by atoms with van der Waals surface area (Å²) in [6.45, 7) is 1.72. The number of carbonyl (C=O) groups is 1. The molecule has 0 saturated carbocycles. The van der Waals surface area contributed by atoms with E-state index in [1.54, 1.807) is 11.3 Å². The summed E-state index contributed by atoms with van der Waals surface area (Å²) in [5, 5.41) is 8.22. The Kier molecular flexibility index (Phi) is 3.75. The molecule has 4 heteroatoms. The number of amides is 1. The summed E-state index contributed by atoms with van der Waals surface area (Å²) in [5.41, 5.74) is 0. The molecule has 2 rings (SSSR count). The van der Waals surface area contributed by atoms with Gasteiger partial charge >= 0.3 is 0 Å². The molecule has 0 unspecified atom stereocenters. The fraction of sp³-hybridized carbons (Fsp3) is 0.545. The van der Waals surface area contributed by atoms with Crippen molar-refractivity contribution in [2.24, 2.45) is 0 Å². The molecule has 1 fully saturated rings. The van der Waals surface area contributed by atoms with Crippen LogP contribution in [0.15, 0.2) is 17.5 Å². The predicted octanol–water partition coefficient (Wildman–Crippen LogP) is 1.16. The first-order valence-corrected chi connectivity index (χ1v) is 6.28. The van der Waals surface area contributed by atoms with Crippen molar-refractivity contribution in [3.05, 3.63) is 22.4 Å². The first kappa shape index (κ1) is 10.6. The molecule has 3 nitrogen and oxygen atoms in total. The number of nitrogens with one attached hydrogen (secondary N) is 2. The third kappa shape index (κ3) is 3.04. The molecule has 82 valence electrons. The molecule has 1 atom stereocenters. The third-order valence-corrected chi connectivity index (χ3v) is 3.56. The van der Waals surface area contributed by atoms with Gasteiger partial charge in [-0.25, -0.2) is 0 Å². The lowest BCUT2D eigenvalue weighted by Gasteiger charge is -2.10. The highest BCUT2D eigenvalue weighted by atomic mass is 32.1. The zero-order valence-corrected chi connectivity index (χ0v) is 9.48. The van der Waals surface area contributed by atoms with Crippen molar-refractivity contribution in [3.8, 4) is 0 Å². The monoisotopic (exact) mass is 224 g/mol. The molecule has 0 bridgehead atoms. The van der Waals surface area contributed by atoms with Gasteiger partial charge in [-0.2, -0.15) is 0 Å². The van der Waals surface area contributed by atoms with Crippen LogP contribution in [0.2, 0.25) is 0 Å². The van der Waals surface area contributed by atoms with Crippen LogP contribution >= 0.6 is 11.3 Å². The number of rotatable bonds is 4. The SMILES string of the molecule is O=C(NCCc1cccs1)[C@@H]1CCCN1. The molecule has 1 aromatic rings.